The fraction of sp³-hybridized carbons (Fsp3) is 0.364. The zero-order valence-corrected chi connectivity index (χ0v) is 19.6. The zero-order chi connectivity index (χ0) is 24.0. The zero-order valence-electron chi connectivity index (χ0n) is 18.8. The van der Waals surface area contributed by atoms with Gasteiger partial charge in [0.05, 0.1) is 23.7 Å². The minimum Gasteiger partial charge on any atom is -0.443 e. The molecule has 0 atom stereocenters. The van der Waals surface area contributed by atoms with E-state index in [-0.39, 0.29) is 17.3 Å². The second-order valence-electron chi connectivity index (χ2n) is 8.99. The summed E-state index contributed by atoms with van der Waals surface area (Å²) in [4.78, 5) is 30.9. The van der Waals surface area contributed by atoms with Crippen molar-refractivity contribution < 1.29 is 22.7 Å². The van der Waals surface area contributed by atoms with Gasteiger partial charge in [0.1, 0.15) is 11.4 Å². The van der Waals surface area contributed by atoms with Crippen LogP contribution in [0.15, 0.2) is 36.5 Å². The number of aldehydes is 1. The normalized spacial score (nSPS) is 14.2. The highest BCUT2D eigenvalue weighted by Crippen LogP contribution is 2.35. The van der Waals surface area contributed by atoms with Crippen molar-refractivity contribution in [3.8, 4) is 11.3 Å². The first-order chi connectivity index (χ1) is 15.4. The Kier molecular flexibility index (Phi) is 5.61. The molecule has 4 rings (SSSR count). The Morgan fingerprint density at radius 1 is 1.27 bits per heavy atom. The molecule has 3 aromatic rings. The van der Waals surface area contributed by atoms with Gasteiger partial charge in [0.2, 0.25) is 10.0 Å². The van der Waals surface area contributed by atoms with E-state index in [1.54, 1.807) is 56.0 Å². The molecule has 1 amide bonds. The molecule has 2 aromatic heterocycles. The van der Waals surface area contributed by atoms with Gasteiger partial charge in [-0.25, -0.2) is 18.2 Å². The Balaban J connectivity index is 1.87. The van der Waals surface area contributed by atoms with Crippen LogP contribution in [-0.2, 0) is 14.8 Å². The van der Waals surface area contributed by atoms with E-state index in [1.165, 1.54) is 10.7 Å². The molecule has 0 spiro atoms. The number of nitrogens with one attached hydrogen (secondary N) is 1. The molecule has 33 heavy (non-hydrogen) atoms. The van der Waals surface area contributed by atoms with E-state index in [0.717, 1.165) is 19.1 Å². The predicted octanol–water partition coefficient (Wildman–Crippen LogP) is 3.48. The summed E-state index contributed by atoms with van der Waals surface area (Å²) in [6, 6.07) is 8.35. The molecule has 2 heterocycles. The summed E-state index contributed by atoms with van der Waals surface area (Å²) in [7, 11) is -3.47. The van der Waals surface area contributed by atoms with E-state index in [9.17, 15) is 18.0 Å². The van der Waals surface area contributed by atoms with Gasteiger partial charge in [-0.15, -0.1) is 0 Å². The summed E-state index contributed by atoms with van der Waals surface area (Å²) < 4.78 is 32.8. The molecular weight excluding hydrogens is 446 g/mol. The van der Waals surface area contributed by atoms with Gasteiger partial charge in [0, 0.05) is 23.4 Å². The van der Waals surface area contributed by atoms with E-state index >= 15 is 0 Å². The number of hydrogen-bond acceptors (Lipinski definition) is 7. The van der Waals surface area contributed by atoms with Crippen molar-refractivity contribution >= 4 is 39.6 Å². The van der Waals surface area contributed by atoms with Gasteiger partial charge in [0.25, 0.3) is 0 Å². The largest absolute Gasteiger partial charge is 0.443 e. The first-order valence-corrected chi connectivity index (χ1v) is 12.3. The first-order valence-electron chi connectivity index (χ1n) is 10.4. The van der Waals surface area contributed by atoms with Gasteiger partial charge in [-0.05, 0) is 45.7 Å². The molecule has 174 valence electrons. The summed E-state index contributed by atoms with van der Waals surface area (Å²) in [5, 5.41) is 4.28. The van der Waals surface area contributed by atoms with Crippen LogP contribution in [0.5, 0.6) is 0 Å². The molecule has 10 nitrogen and oxygen atoms in total. The van der Waals surface area contributed by atoms with Crippen LogP contribution in [-0.4, -0.2) is 53.3 Å². The van der Waals surface area contributed by atoms with E-state index in [2.05, 4.69) is 14.8 Å². The molecule has 0 radical (unpaired) electrons. The molecule has 1 aliphatic rings. The number of anilines is 2. The molecular formula is C22H25N5O5S. The molecule has 0 saturated heterocycles. The van der Waals surface area contributed by atoms with E-state index in [0.29, 0.717) is 29.0 Å². The van der Waals surface area contributed by atoms with Crippen LogP contribution < -0.4 is 9.62 Å². The number of carbonyl (C=O) groups excluding carboxylic acids is 2. The minimum absolute atomic E-state index is 0.0552. The topological polar surface area (TPSA) is 123 Å². The Hall–Kier alpha value is -3.47. The van der Waals surface area contributed by atoms with E-state index in [1.807, 2.05) is 0 Å². The molecule has 0 unspecified atom stereocenters. The third-order valence-electron chi connectivity index (χ3n) is 4.82. The van der Waals surface area contributed by atoms with Crippen molar-refractivity contribution in [3.05, 3.63) is 42.1 Å². The lowest BCUT2D eigenvalue weighted by Gasteiger charge is -2.27. The molecule has 11 heteroatoms. The number of aromatic nitrogens is 3. The lowest BCUT2D eigenvalue weighted by Crippen LogP contribution is -2.39. The predicted molar refractivity (Wildman–Crippen MR) is 124 cm³/mol. The molecule has 1 fully saturated rings. The lowest BCUT2D eigenvalue weighted by atomic mass is 10.1. The van der Waals surface area contributed by atoms with Crippen molar-refractivity contribution in [1.82, 2.24) is 14.6 Å². The van der Waals surface area contributed by atoms with Crippen LogP contribution >= 0.6 is 0 Å². The number of nitrogens with zero attached hydrogens (tertiary/aromatic N) is 4. The third-order valence-corrected chi connectivity index (χ3v) is 5.42. The molecule has 1 N–H and O–H groups in total. The fourth-order valence-electron chi connectivity index (χ4n) is 3.40. The number of ether oxygens (including phenoxy) is 1. The molecule has 0 aliphatic heterocycles. The summed E-state index contributed by atoms with van der Waals surface area (Å²) in [6.07, 6.45) is 4.23. The monoisotopic (exact) mass is 471 g/mol. The minimum atomic E-state index is -3.47. The van der Waals surface area contributed by atoms with E-state index in [4.69, 9.17) is 4.74 Å². The highest BCUT2D eigenvalue weighted by molar-refractivity contribution is 7.92. The van der Waals surface area contributed by atoms with Gasteiger partial charge in [-0.2, -0.15) is 9.61 Å². The highest BCUT2D eigenvalue weighted by Gasteiger charge is 2.38. The number of hydrogen-bond donors (Lipinski definition) is 1. The number of rotatable bonds is 6. The van der Waals surface area contributed by atoms with Crippen LogP contribution in [0.2, 0.25) is 0 Å². The maximum Gasteiger partial charge on any atom is 0.416 e. The van der Waals surface area contributed by atoms with Gasteiger partial charge >= 0.3 is 6.09 Å². The van der Waals surface area contributed by atoms with Crippen LogP contribution in [0.1, 0.15) is 44.0 Å². The molecule has 1 aromatic carbocycles. The van der Waals surface area contributed by atoms with Crippen molar-refractivity contribution in [2.45, 2.75) is 45.3 Å². The maximum atomic E-state index is 13.1. The van der Waals surface area contributed by atoms with Crippen molar-refractivity contribution in [2.24, 2.45) is 0 Å². The fourth-order valence-corrected chi connectivity index (χ4v) is 3.95. The Morgan fingerprint density at radius 3 is 2.61 bits per heavy atom. The third kappa shape index (κ3) is 5.14. The van der Waals surface area contributed by atoms with Crippen LogP contribution in [0.25, 0.3) is 16.9 Å². The summed E-state index contributed by atoms with van der Waals surface area (Å²) >= 11 is 0. The summed E-state index contributed by atoms with van der Waals surface area (Å²) in [6.45, 7) is 5.38. The Labute approximate surface area is 191 Å². The lowest BCUT2D eigenvalue weighted by molar-refractivity contribution is 0.0575. The van der Waals surface area contributed by atoms with Crippen LogP contribution in [0.4, 0.5) is 16.3 Å². The average Bonchev–Trinajstić information content (AvgIpc) is 3.43. The number of fused-ring (bicyclic) bond motifs is 1. The van der Waals surface area contributed by atoms with Gasteiger partial charge in [0.15, 0.2) is 11.9 Å². The summed E-state index contributed by atoms with van der Waals surface area (Å²) in [5.41, 5.74) is 1.28. The second-order valence-corrected chi connectivity index (χ2v) is 10.7. The maximum absolute atomic E-state index is 13.1. The average molecular weight is 472 g/mol. The van der Waals surface area contributed by atoms with Crippen molar-refractivity contribution in [2.75, 3.05) is 15.9 Å². The van der Waals surface area contributed by atoms with Gasteiger partial charge in [-0.1, -0.05) is 12.1 Å². The smallest absolute Gasteiger partial charge is 0.416 e. The number of carbonyl (C=O) groups is 2. The Bertz CT molecular complexity index is 1340. The van der Waals surface area contributed by atoms with Crippen molar-refractivity contribution in [3.63, 3.8) is 0 Å². The molecule has 1 saturated carbocycles. The number of benzene rings is 1. The van der Waals surface area contributed by atoms with Crippen LogP contribution in [0, 0.1) is 0 Å². The highest BCUT2D eigenvalue weighted by atomic mass is 32.2. The first kappa shape index (κ1) is 22.7. The standard InChI is InChI=1S/C22H25N5O5S/c1-22(2,3)32-21(29)26(17-8-9-17)19-11-18(24-20-15(13-28)12-23-27(19)20)14-6-5-7-16(10-14)25-33(4,30)31/h5-7,10-13,17,25H,8-9H2,1-4H3. The SMILES string of the molecule is CC(C)(C)OC(=O)N(c1cc(-c2cccc(NS(C)(=O)=O)c2)nc2c(C=O)cnn12)C1CC1. The summed E-state index contributed by atoms with van der Waals surface area (Å²) in [5.74, 6) is 0.418. The van der Waals surface area contributed by atoms with E-state index < -0.39 is 21.7 Å². The Morgan fingerprint density at radius 2 is 2.00 bits per heavy atom. The number of sulfonamides is 1. The second kappa shape index (κ2) is 8.14. The molecule has 0 bridgehead atoms. The van der Waals surface area contributed by atoms with Gasteiger partial charge < -0.3 is 4.74 Å². The number of amides is 1. The van der Waals surface area contributed by atoms with Crippen LogP contribution in [0.3, 0.4) is 0 Å². The van der Waals surface area contributed by atoms with Gasteiger partial charge in [-0.3, -0.25) is 14.4 Å². The van der Waals surface area contributed by atoms with Crippen molar-refractivity contribution in [1.29, 1.82) is 0 Å². The molecule has 1 aliphatic carbocycles. The quantitative estimate of drug-likeness (QED) is 0.546.